The number of hydrogen-bond acceptors (Lipinski definition) is 3. The molecule has 2 N–H and O–H groups in total. The number of halogens is 4. The molecule has 1 atom stereocenters. The van der Waals surface area contributed by atoms with Crippen LogP contribution in [0.15, 0.2) is 18.2 Å². The second-order valence-corrected chi connectivity index (χ2v) is 5.63. The Balaban J connectivity index is 2.91. The fourth-order valence-corrected chi connectivity index (χ4v) is 2.33. The molecule has 134 valence electrons. The molecule has 0 aliphatic rings. The summed E-state index contributed by atoms with van der Waals surface area (Å²) in [4.78, 5) is 24.5. The molecule has 0 spiro atoms. The topological polar surface area (TPSA) is 69.6 Å². The third kappa shape index (κ3) is 5.68. The molecule has 1 aromatic rings. The van der Waals surface area contributed by atoms with Crippen LogP contribution in [0.5, 0.6) is 0 Å². The Labute approximate surface area is 142 Å². The van der Waals surface area contributed by atoms with Crippen LogP contribution in [0.2, 0.25) is 5.02 Å². The number of benzene rings is 1. The van der Waals surface area contributed by atoms with Gasteiger partial charge in [-0.1, -0.05) is 18.5 Å². The number of carboxylic acids is 1. The highest BCUT2D eigenvalue weighted by Gasteiger charge is 2.33. The van der Waals surface area contributed by atoms with Crippen molar-refractivity contribution in [2.45, 2.75) is 32.5 Å². The quantitative estimate of drug-likeness (QED) is 0.775. The number of nitrogens with zero attached hydrogens (tertiary/aromatic N) is 1. The first-order chi connectivity index (χ1) is 11.1. The van der Waals surface area contributed by atoms with Crippen molar-refractivity contribution in [1.82, 2.24) is 4.90 Å². The molecule has 0 heterocycles. The van der Waals surface area contributed by atoms with Crippen LogP contribution in [0.3, 0.4) is 0 Å². The number of hydrogen-bond donors (Lipinski definition) is 2. The summed E-state index contributed by atoms with van der Waals surface area (Å²) < 4.78 is 38.5. The van der Waals surface area contributed by atoms with Crippen molar-refractivity contribution in [3.05, 3.63) is 28.8 Å². The number of rotatable bonds is 7. The largest absolute Gasteiger partial charge is 0.480 e. The molecule has 0 aliphatic heterocycles. The van der Waals surface area contributed by atoms with Gasteiger partial charge in [-0.05, 0) is 38.1 Å². The van der Waals surface area contributed by atoms with Crippen LogP contribution in [-0.4, -0.2) is 41.0 Å². The summed E-state index contributed by atoms with van der Waals surface area (Å²) in [5.74, 6) is -1.69. The fourth-order valence-electron chi connectivity index (χ4n) is 2.10. The van der Waals surface area contributed by atoms with Crippen LogP contribution < -0.4 is 5.32 Å². The molecule has 0 radical (unpaired) electrons. The van der Waals surface area contributed by atoms with E-state index in [2.05, 4.69) is 5.32 Å². The lowest BCUT2D eigenvalue weighted by molar-refractivity contribution is -0.140. The zero-order chi connectivity index (χ0) is 18.5. The second kappa shape index (κ2) is 8.34. The number of anilines is 1. The molecule has 1 aromatic carbocycles. The normalized spacial score (nSPS) is 13.0. The van der Waals surface area contributed by atoms with E-state index in [9.17, 15) is 22.8 Å². The van der Waals surface area contributed by atoms with E-state index in [0.717, 1.165) is 12.1 Å². The number of nitrogens with one attached hydrogen (secondary N) is 1. The Morgan fingerprint density at radius 2 is 2.00 bits per heavy atom. The number of alkyl halides is 3. The summed E-state index contributed by atoms with van der Waals surface area (Å²) in [5, 5.41) is 10.8. The van der Waals surface area contributed by atoms with Crippen molar-refractivity contribution in [2.75, 3.05) is 18.4 Å². The Hall–Kier alpha value is -1.80. The van der Waals surface area contributed by atoms with Crippen LogP contribution in [0.25, 0.3) is 0 Å². The lowest BCUT2D eigenvalue weighted by Gasteiger charge is -2.26. The minimum absolute atomic E-state index is 0.0599. The Morgan fingerprint density at radius 3 is 2.50 bits per heavy atom. The van der Waals surface area contributed by atoms with Gasteiger partial charge in [0.05, 0.1) is 23.2 Å². The molecule has 0 saturated heterocycles. The Kier molecular flexibility index (Phi) is 7.04. The number of aliphatic carboxylic acids is 1. The first kappa shape index (κ1) is 20.2. The van der Waals surface area contributed by atoms with Gasteiger partial charge in [-0.15, -0.1) is 0 Å². The first-order valence-electron chi connectivity index (χ1n) is 7.19. The molecule has 24 heavy (non-hydrogen) atoms. The predicted molar refractivity (Wildman–Crippen MR) is 84.0 cm³/mol. The minimum Gasteiger partial charge on any atom is -0.480 e. The Morgan fingerprint density at radius 1 is 1.38 bits per heavy atom. The summed E-state index contributed by atoms with van der Waals surface area (Å²) in [6.07, 6.45) is -4.01. The van der Waals surface area contributed by atoms with Gasteiger partial charge < -0.3 is 10.4 Å². The molecule has 0 aliphatic carbocycles. The van der Waals surface area contributed by atoms with E-state index in [1.807, 2.05) is 6.92 Å². The molecule has 0 saturated carbocycles. The Bertz CT molecular complexity index is 608. The maximum absolute atomic E-state index is 12.8. The highest BCUT2D eigenvalue weighted by atomic mass is 35.5. The minimum atomic E-state index is -4.64. The zero-order valence-electron chi connectivity index (χ0n) is 13.2. The van der Waals surface area contributed by atoms with Gasteiger partial charge in [0.1, 0.15) is 0 Å². The summed E-state index contributed by atoms with van der Waals surface area (Å²) in [7, 11) is 0. The average Bonchev–Trinajstić information content (AvgIpc) is 2.46. The monoisotopic (exact) mass is 366 g/mol. The number of amides is 1. The van der Waals surface area contributed by atoms with Gasteiger partial charge in [0, 0.05) is 5.69 Å². The van der Waals surface area contributed by atoms with Crippen molar-refractivity contribution in [3.63, 3.8) is 0 Å². The molecule has 9 heteroatoms. The van der Waals surface area contributed by atoms with Crippen molar-refractivity contribution >= 4 is 29.2 Å². The highest BCUT2D eigenvalue weighted by molar-refractivity contribution is 6.31. The van der Waals surface area contributed by atoms with E-state index < -0.39 is 34.7 Å². The van der Waals surface area contributed by atoms with Gasteiger partial charge in [0.25, 0.3) is 0 Å². The summed E-state index contributed by atoms with van der Waals surface area (Å²) in [6.45, 7) is 3.36. The lowest BCUT2D eigenvalue weighted by Crippen LogP contribution is -2.44. The van der Waals surface area contributed by atoms with Crippen LogP contribution >= 0.6 is 11.6 Å². The van der Waals surface area contributed by atoms with Crippen LogP contribution in [0.4, 0.5) is 18.9 Å². The molecule has 0 aromatic heterocycles. The highest BCUT2D eigenvalue weighted by Crippen LogP contribution is 2.36. The third-order valence-corrected chi connectivity index (χ3v) is 3.65. The molecule has 1 amide bonds. The zero-order valence-corrected chi connectivity index (χ0v) is 13.9. The maximum atomic E-state index is 12.8. The third-order valence-electron chi connectivity index (χ3n) is 3.32. The molecule has 5 nitrogen and oxygen atoms in total. The molecule has 1 unspecified atom stereocenters. The number of carbonyl (C=O) groups is 2. The van der Waals surface area contributed by atoms with Crippen molar-refractivity contribution < 1.29 is 27.9 Å². The predicted octanol–water partition coefficient (Wildman–Crippen LogP) is 3.48. The molecule has 1 rings (SSSR count). The van der Waals surface area contributed by atoms with E-state index in [1.54, 1.807) is 0 Å². The van der Waals surface area contributed by atoms with E-state index >= 15 is 0 Å². The molecular weight excluding hydrogens is 349 g/mol. The molecule has 0 bridgehead atoms. The second-order valence-electron chi connectivity index (χ2n) is 5.22. The summed E-state index contributed by atoms with van der Waals surface area (Å²) in [6, 6.07) is 2.23. The van der Waals surface area contributed by atoms with E-state index in [-0.39, 0.29) is 12.2 Å². The first-order valence-corrected chi connectivity index (χ1v) is 7.57. The SMILES string of the molecule is CCCN(CC(=O)O)C(C)C(=O)Nc1ccc(Cl)c(C(F)(F)F)c1. The van der Waals surface area contributed by atoms with E-state index in [0.29, 0.717) is 13.0 Å². The summed E-state index contributed by atoms with van der Waals surface area (Å²) >= 11 is 5.52. The molecule has 0 fully saturated rings. The van der Waals surface area contributed by atoms with Gasteiger partial charge in [-0.3, -0.25) is 14.5 Å². The number of carboxylic acid groups (broad SMARTS) is 1. The lowest BCUT2D eigenvalue weighted by atomic mass is 10.1. The van der Waals surface area contributed by atoms with Crippen molar-refractivity contribution in [1.29, 1.82) is 0 Å². The average molecular weight is 367 g/mol. The standard InChI is InChI=1S/C15H18ClF3N2O3/c1-3-6-21(8-13(22)23)9(2)14(24)20-10-4-5-12(16)11(7-10)15(17,18)19/h4-5,7,9H,3,6,8H2,1-2H3,(H,20,24)(H,22,23). The van der Waals surface area contributed by atoms with Gasteiger partial charge in [-0.2, -0.15) is 13.2 Å². The molecular formula is C15H18ClF3N2O3. The van der Waals surface area contributed by atoms with Gasteiger partial charge in [0.2, 0.25) is 5.91 Å². The maximum Gasteiger partial charge on any atom is 0.417 e. The summed E-state index contributed by atoms with van der Waals surface area (Å²) in [5.41, 5.74) is -1.11. The van der Waals surface area contributed by atoms with E-state index in [1.165, 1.54) is 17.9 Å². The van der Waals surface area contributed by atoms with Crippen LogP contribution in [0.1, 0.15) is 25.8 Å². The van der Waals surface area contributed by atoms with Crippen molar-refractivity contribution in [2.24, 2.45) is 0 Å². The van der Waals surface area contributed by atoms with Gasteiger partial charge in [-0.25, -0.2) is 0 Å². The number of carbonyl (C=O) groups excluding carboxylic acids is 1. The van der Waals surface area contributed by atoms with Gasteiger partial charge >= 0.3 is 12.1 Å². The van der Waals surface area contributed by atoms with E-state index in [4.69, 9.17) is 16.7 Å². The van der Waals surface area contributed by atoms with Crippen LogP contribution in [-0.2, 0) is 15.8 Å². The van der Waals surface area contributed by atoms with Crippen molar-refractivity contribution in [3.8, 4) is 0 Å². The fraction of sp³-hybridized carbons (Fsp3) is 0.467. The van der Waals surface area contributed by atoms with Crippen LogP contribution in [0, 0.1) is 0 Å². The van der Waals surface area contributed by atoms with Gasteiger partial charge in [0.15, 0.2) is 0 Å². The smallest absolute Gasteiger partial charge is 0.417 e.